The minimum absolute atomic E-state index is 0.186. The van der Waals surface area contributed by atoms with Crippen LogP contribution in [0.15, 0.2) is 48.5 Å². The van der Waals surface area contributed by atoms with Crippen molar-refractivity contribution < 1.29 is 9.84 Å². The van der Waals surface area contributed by atoms with Crippen LogP contribution in [0.4, 0.5) is 0 Å². The van der Waals surface area contributed by atoms with Gasteiger partial charge in [0, 0.05) is 18.0 Å². The van der Waals surface area contributed by atoms with Gasteiger partial charge in [-0.15, -0.1) is 0 Å². The van der Waals surface area contributed by atoms with Crippen LogP contribution in [0.1, 0.15) is 28.7 Å². The number of para-hydroxylation sites is 1. The predicted octanol–water partition coefficient (Wildman–Crippen LogP) is 2.78. The highest BCUT2D eigenvalue weighted by Crippen LogP contribution is 2.35. The Morgan fingerprint density at radius 2 is 1.75 bits per heavy atom. The van der Waals surface area contributed by atoms with Crippen LogP contribution in [0.3, 0.4) is 0 Å². The summed E-state index contributed by atoms with van der Waals surface area (Å²) in [5, 5.41) is 10.6. The first-order valence-corrected chi connectivity index (χ1v) is 6.75. The molecule has 3 heteroatoms. The molecule has 106 valence electrons. The molecule has 2 aromatic rings. The lowest BCUT2D eigenvalue weighted by atomic mass is 9.88. The average molecular weight is 271 g/mol. The van der Waals surface area contributed by atoms with Gasteiger partial charge in [0.15, 0.2) is 0 Å². The number of ether oxygens (including phenoxy) is 1. The number of aliphatic hydroxyl groups excluding tert-OH is 1. The third-order valence-corrected chi connectivity index (χ3v) is 3.59. The lowest BCUT2D eigenvalue weighted by Gasteiger charge is -2.24. The summed E-state index contributed by atoms with van der Waals surface area (Å²) < 4.78 is 5.37. The fraction of sp³-hybridized carbons (Fsp3) is 0.294. The molecule has 0 aromatic heterocycles. The van der Waals surface area contributed by atoms with Crippen LogP contribution >= 0.6 is 0 Å². The van der Waals surface area contributed by atoms with Gasteiger partial charge in [0.05, 0.1) is 13.2 Å². The van der Waals surface area contributed by atoms with E-state index in [0.29, 0.717) is 6.54 Å². The summed E-state index contributed by atoms with van der Waals surface area (Å²) in [5.74, 6) is 0.572. The molecule has 2 unspecified atom stereocenters. The molecule has 2 atom stereocenters. The normalized spacial score (nSPS) is 13.8. The van der Waals surface area contributed by atoms with E-state index >= 15 is 0 Å². The van der Waals surface area contributed by atoms with Crippen molar-refractivity contribution in [3.8, 4) is 5.75 Å². The molecule has 20 heavy (non-hydrogen) atoms. The van der Waals surface area contributed by atoms with Gasteiger partial charge in [-0.1, -0.05) is 48.0 Å². The topological polar surface area (TPSA) is 55.5 Å². The van der Waals surface area contributed by atoms with Crippen LogP contribution in [0.2, 0.25) is 0 Å². The zero-order chi connectivity index (χ0) is 14.5. The van der Waals surface area contributed by atoms with Crippen LogP contribution < -0.4 is 10.5 Å². The number of aryl methyl sites for hydroxylation is 1. The van der Waals surface area contributed by atoms with Gasteiger partial charge in [-0.2, -0.15) is 0 Å². The Morgan fingerprint density at radius 3 is 2.35 bits per heavy atom. The SMILES string of the molecule is COc1ccccc1C(CN)C(O)c1ccc(C)cc1. The van der Waals surface area contributed by atoms with Crippen LogP contribution in [-0.4, -0.2) is 18.8 Å². The van der Waals surface area contributed by atoms with Crippen molar-refractivity contribution in [3.63, 3.8) is 0 Å². The molecule has 0 amide bonds. The number of methoxy groups -OCH3 is 1. The van der Waals surface area contributed by atoms with E-state index in [1.54, 1.807) is 7.11 Å². The number of hydrogen-bond acceptors (Lipinski definition) is 3. The van der Waals surface area contributed by atoms with Crippen LogP contribution in [0.5, 0.6) is 5.75 Å². The summed E-state index contributed by atoms with van der Waals surface area (Å²) in [6.45, 7) is 2.38. The molecular weight excluding hydrogens is 250 g/mol. The Balaban J connectivity index is 2.34. The number of nitrogens with two attached hydrogens (primary N) is 1. The molecule has 0 radical (unpaired) electrons. The van der Waals surface area contributed by atoms with Gasteiger partial charge in [-0.25, -0.2) is 0 Å². The average Bonchev–Trinajstić information content (AvgIpc) is 2.49. The molecule has 0 bridgehead atoms. The van der Waals surface area contributed by atoms with Crippen LogP contribution in [0, 0.1) is 6.92 Å². The molecule has 0 spiro atoms. The highest BCUT2D eigenvalue weighted by Gasteiger charge is 2.24. The Kier molecular flexibility index (Phi) is 4.77. The molecule has 0 aliphatic carbocycles. The van der Waals surface area contributed by atoms with Crippen molar-refractivity contribution in [2.45, 2.75) is 18.9 Å². The van der Waals surface area contributed by atoms with Crippen LogP contribution in [-0.2, 0) is 0 Å². The molecule has 0 heterocycles. The minimum atomic E-state index is -0.642. The summed E-state index contributed by atoms with van der Waals surface area (Å²) in [7, 11) is 1.63. The number of hydrogen-bond donors (Lipinski definition) is 2. The van der Waals surface area contributed by atoms with Gasteiger partial charge in [0.1, 0.15) is 5.75 Å². The van der Waals surface area contributed by atoms with E-state index in [0.717, 1.165) is 16.9 Å². The summed E-state index contributed by atoms with van der Waals surface area (Å²) in [6.07, 6.45) is -0.642. The van der Waals surface area contributed by atoms with Gasteiger partial charge >= 0.3 is 0 Å². The van der Waals surface area contributed by atoms with Crippen molar-refractivity contribution in [3.05, 3.63) is 65.2 Å². The van der Waals surface area contributed by atoms with Crippen molar-refractivity contribution in [2.24, 2.45) is 5.73 Å². The Labute approximate surface area is 120 Å². The number of benzene rings is 2. The molecule has 0 fully saturated rings. The van der Waals surface area contributed by atoms with Gasteiger partial charge in [-0.05, 0) is 18.6 Å². The molecule has 2 rings (SSSR count). The zero-order valence-corrected chi connectivity index (χ0v) is 11.9. The van der Waals surface area contributed by atoms with Gasteiger partial charge in [0.25, 0.3) is 0 Å². The summed E-state index contributed by atoms with van der Waals surface area (Å²) in [4.78, 5) is 0. The van der Waals surface area contributed by atoms with E-state index in [2.05, 4.69) is 0 Å². The van der Waals surface area contributed by atoms with Crippen molar-refractivity contribution >= 4 is 0 Å². The third-order valence-electron chi connectivity index (χ3n) is 3.59. The standard InChI is InChI=1S/C17H21NO2/c1-12-7-9-13(10-8-12)17(19)15(11-18)14-5-3-4-6-16(14)20-2/h3-10,15,17,19H,11,18H2,1-2H3. The second-order valence-electron chi connectivity index (χ2n) is 4.94. The molecule has 3 N–H and O–H groups in total. The molecule has 2 aromatic carbocycles. The second kappa shape index (κ2) is 6.55. The lowest BCUT2D eigenvalue weighted by molar-refractivity contribution is 0.146. The smallest absolute Gasteiger partial charge is 0.122 e. The van der Waals surface area contributed by atoms with Crippen molar-refractivity contribution in [1.29, 1.82) is 0 Å². The van der Waals surface area contributed by atoms with Crippen molar-refractivity contribution in [1.82, 2.24) is 0 Å². The minimum Gasteiger partial charge on any atom is -0.496 e. The van der Waals surface area contributed by atoms with Gasteiger partial charge in [0.2, 0.25) is 0 Å². The van der Waals surface area contributed by atoms with Crippen LogP contribution in [0.25, 0.3) is 0 Å². The molecular formula is C17H21NO2. The van der Waals surface area contributed by atoms with E-state index in [4.69, 9.17) is 10.5 Å². The maximum atomic E-state index is 10.6. The first-order chi connectivity index (χ1) is 9.67. The molecule has 0 aliphatic heterocycles. The summed E-state index contributed by atoms with van der Waals surface area (Å²) in [6, 6.07) is 15.6. The Bertz CT molecular complexity index is 551. The molecule has 0 aliphatic rings. The largest absolute Gasteiger partial charge is 0.496 e. The highest BCUT2D eigenvalue weighted by molar-refractivity contribution is 5.39. The van der Waals surface area contributed by atoms with E-state index < -0.39 is 6.10 Å². The van der Waals surface area contributed by atoms with E-state index in [1.807, 2.05) is 55.5 Å². The Morgan fingerprint density at radius 1 is 1.10 bits per heavy atom. The lowest BCUT2D eigenvalue weighted by Crippen LogP contribution is -2.20. The molecule has 0 saturated carbocycles. The van der Waals surface area contributed by atoms with E-state index in [1.165, 1.54) is 5.56 Å². The predicted molar refractivity (Wildman–Crippen MR) is 80.9 cm³/mol. The fourth-order valence-electron chi connectivity index (χ4n) is 2.39. The first-order valence-electron chi connectivity index (χ1n) is 6.75. The number of rotatable bonds is 5. The summed E-state index contributed by atoms with van der Waals surface area (Å²) >= 11 is 0. The number of aliphatic hydroxyl groups is 1. The highest BCUT2D eigenvalue weighted by atomic mass is 16.5. The quantitative estimate of drug-likeness (QED) is 0.879. The third kappa shape index (κ3) is 3.00. The Hall–Kier alpha value is -1.84. The maximum Gasteiger partial charge on any atom is 0.122 e. The van der Waals surface area contributed by atoms with Crippen molar-refractivity contribution in [2.75, 3.05) is 13.7 Å². The molecule has 3 nitrogen and oxygen atoms in total. The molecule has 0 saturated heterocycles. The maximum absolute atomic E-state index is 10.6. The second-order valence-corrected chi connectivity index (χ2v) is 4.94. The summed E-state index contributed by atoms with van der Waals surface area (Å²) in [5.41, 5.74) is 8.86. The van der Waals surface area contributed by atoms with Gasteiger partial charge < -0.3 is 15.6 Å². The van der Waals surface area contributed by atoms with Gasteiger partial charge in [-0.3, -0.25) is 0 Å². The zero-order valence-electron chi connectivity index (χ0n) is 11.9. The first kappa shape index (κ1) is 14.6. The van der Waals surface area contributed by atoms with E-state index in [9.17, 15) is 5.11 Å². The van der Waals surface area contributed by atoms with E-state index in [-0.39, 0.29) is 5.92 Å². The monoisotopic (exact) mass is 271 g/mol. The fourth-order valence-corrected chi connectivity index (χ4v) is 2.39.